The average Bonchev–Trinajstić information content (AvgIpc) is 3.21. The van der Waals surface area contributed by atoms with E-state index in [0.29, 0.717) is 11.4 Å². The van der Waals surface area contributed by atoms with E-state index >= 15 is 0 Å². The molecule has 1 saturated carbocycles. The van der Waals surface area contributed by atoms with Crippen molar-refractivity contribution in [2.45, 2.75) is 70.6 Å². The fourth-order valence-electron chi connectivity index (χ4n) is 4.03. The first-order valence-corrected chi connectivity index (χ1v) is 9.28. The van der Waals surface area contributed by atoms with Gasteiger partial charge in [-0.15, -0.1) is 0 Å². The molecule has 0 aromatic heterocycles. The highest BCUT2D eigenvalue weighted by molar-refractivity contribution is 5.92. The van der Waals surface area contributed by atoms with Crippen LogP contribution in [-0.2, 0) is 9.53 Å². The van der Waals surface area contributed by atoms with Crippen molar-refractivity contribution in [1.82, 2.24) is 0 Å². The number of hydrogen-bond acceptors (Lipinski definition) is 4. The van der Waals surface area contributed by atoms with Gasteiger partial charge in [0.2, 0.25) is 0 Å². The highest BCUT2D eigenvalue weighted by Crippen LogP contribution is 2.37. The second-order valence-corrected chi connectivity index (χ2v) is 7.26. The number of halogens is 1. The van der Waals surface area contributed by atoms with Crippen LogP contribution in [0.1, 0.15) is 56.9 Å². The Kier molecular flexibility index (Phi) is 4.40. The van der Waals surface area contributed by atoms with Gasteiger partial charge in [-0.25, -0.2) is 9.18 Å². The Morgan fingerprint density at radius 3 is 2.72 bits per heavy atom. The summed E-state index contributed by atoms with van der Waals surface area (Å²) in [5.41, 5.74) is 2.87. The lowest BCUT2D eigenvalue weighted by atomic mass is 9.92. The molecule has 5 heteroatoms. The van der Waals surface area contributed by atoms with Crippen LogP contribution in [0.25, 0.3) is 0 Å². The minimum absolute atomic E-state index is 0.217. The molecule has 1 atom stereocenters. The SMILES string of the molecule is Cc1cc(F)c(NC2OC(=O)C3=C2CCCC3)cc1OC1CCCC1. The zero-order valence-electron chi connectivity index (χ0n) is 14.6. The van der Waals surface area contributed by atoms with Crippen molar-refractivity contribution < 1.29 is 18.7 Å². The average molecular weight is 345 g/mol. The summed E-state index contributed by atoms with van der Waals surface area (Å²) in [6, 6.07) is 3.19. The predicted molar refractivity (Wildman–Crippen MR) is 93.0 cm³/mol. The first-order valence-electron chi connectivity index (χ1n) is 9.28. The van der Waals surface area contributed by atoms with Crippen molar-refractivity contribution in [2.75, 3.05) is 5.32 Å². The fraction of sp³-hybridized carbons (Fsp3) is 0.550. The number of aryl methyl sites for hydroxylation is 1. The molecule has 4 nitrogen and oxygen atoms in total. The van der Waals surface area contributed by atoms with Gasteiger partial charge < -0.3 is 14.8 Å². The molecule has 0 spiro atoms. The highest BCUT2D eigenvalue weighted by Gasteiger charge is 2.35. The van der Waals surface area contributed by atoms with Gasteiger partial charge in [0.05, 0.1) is 11.8 Å². The van der Waals surface area contributed by atoms with E-state index in [1.54, 1.807) is 6.07 Å². The summed E-state index contributed by atoms with van der Waals surface area (Å²) in [5.74, 6) is 0.0947. The van der Waals surface area contributed by atoms with Gasteiger partial charge in [0.1, 0.15) is 11.6 Å². The number of benzene rings is 1. The molecule has 0 amide bonds. The molecule has 1 N–H and O–H groups in total. The summed E-state index contributed by atoms with van der Waals surface area (Å²) in [6.45, 7) is 1.86. The van der Waals surface area contributed by atoms with E-state index in [0.717, 1.165) is 55.2 Å². The fourth-order valence-corrected chi connectivity index (χ4v) is 4.03. The zero-order valence-corrected chi connectivity index (χ0v) is 14.6. The van der Waals surface area contributed by atoms with Crippen molar-refractivity contribution in [2.24, 2.45) is 0 Å². The van der Waals surface area contributed by atoms with Crippen LogP contribution < -0.4 is 10.1 Å². The monoisotopic (exact) mass is 345 g/mol. The molecule has 3 aliphatic rings. The number of carbonyl (C=O) groups is 1. The number of carbonyl (C=O) groups excluding carboxylic acids is 1. The van der Waals surface area contributed by atoms with Crippen LogP contribution in [0.3, 0.4) is 0 Å². The standard InChI is InChI=1S/C20H24FNO3/c1-12-10-16(21)17(11-18(12)24-13-6-2-3-7-13)22-19-14-8-4-5-9-15(14)20(23)25-19/h10-11,13,19,22H,2-9H2,1H3. The molecule has 2 aliphatic carbocycles. The normalized spacial score (nSPS) is 23.6. The van der Waals surface area contributed by atoms with Crippen LogP contribution in [0, 0.1) is 12.7 Å². The van der Waals surface area contributed by atoms with E-state index in [4.69, 9.17) is 9.47 Å². The van der Waals surface area contributed by atoms with Crippen LogP contribution in [0.2, 0.25) is 0 Å². The molecule has 4 rings (SSSR count). The molecule has 1 aromatic rings. The van der Waals surface area contributed by atoms with Crippen LogP contribution in [0.5, 0.6) is 5.75 Å². The van der Waals surface area contributed by atoms with Crippen molar-refractivity contribution in [1.29, 1.82) is 0 Å². The molecule has 1 fully saturated rings. The Morgan fingerprint density at radius 2 is 1.92 bits per heavy atom. The Bertz CT molecular complexity index is 722. The van der Waals surface area contributed by atoms with Gasteiger partial charge in [-0.3, -0.25) is 0 Å². The van der Waals surface area contributed by atoms with E-state index in [9.17, 15) is 9.18 Å². The number of anilines is 1. The maximum absolute atomic E-state index is 14.4. The Hall–Kier alpha value is -2.04. The Balaban J connectivity index is 1.55. The number of cyclic esters (lactones) is 1. The second-order valence-electron chi connectivity index (χ2n) is 7.26. The summed E-state index contributed by atoms with van der Waals surface area (Å²) < 4.78 is 26.0. The summed E-state index contributed by atoms with van der Waals surface area (Å²) >= 11 is 0. The van der Waals surface area contributed by atoms with Gasteiger partial charge in [0, 0.05) is 17.2 Å². The molecule has 1 heterocycles. The third-order valence-corrected chi connectivity index (χ3v) is 5.45. The highest BCUT2D eigenvalue weighted by atomic mass is 19.1. The number of rotatable bonds is 4. The molecule has 0 radical (unpaired) electrons. The lowest BCUT2D eigenvalue weighted by Gasteiger charge is -2.21. The quantitative estimate of drug-likeness (QED) is 0.809. The van der Waals surface area contributed by atoms with Gasteiger partial charge in [-0.1, -0.05) is 0 Å². The predicted octanol–water partition coefficient (Wildman–Crippen LogP) is 4.62. The number of esters is 1. The number of nitrogens with one attached hydrogen (secondary N) is 1. The van der Waals surface area contributed by atoms with Crippen molar-refractivity contribution >= 4 is 11.7 Å². The van der Waals surface area contributed by atoms with Crippen LogP contribution in [0.15, 0.2) is 23.3 Å². The molecule has 25 heavy (non-hydrogen) atoms. The topological polar surface area (TPSA) is 47.6 Å². The van der Waals surface area contributed by atoms with Crippen molar-refractivity contribution in [3.63, 3.8) is 0 Å². The molecular weight excluding hydrogens is 321 g/mol. The lowest BCUT2D eigenvalue weighted by Crippen LogP contribution is -2.23. The molecule has 1 aliphatic heterocycles. The summed E-state index contributed by atoms with van der Waals surface area (Å²) in [7, 11) is 0. The summed E-state index contributed by atoms with van der Waals surface area (Å²) in [6.07, 6.45) is 7.78. The van der Waals surface area contributed by atoms with Crippen LogP contribution in [0.4, 0.5) is 10.1 Å². The first kappa shape index (κ1) is 16.4. The second kappa shape index (κ2) is 6.70. The largest absolute Gasteiger partial charge is 0.490 e. The summed E-state index contributed by atoms with van der Waals surface area (Å²) in [4.78, 5) is 12.0. The van der Waals surface area contributed by atoms with Crippen LogP contribution >= 0.6 is 0 Å². The number of hydrogen-bond donors (Lipinski definition) is 1. The number of ether oxygens (including phenoxy) is 2. The van der Waals surface area contributed by atoms with Crippen molar-refractivity contribution in [3.05, 3.63) is 34.7 Å². The lowest BCUT2D eigenvalue weighted by molar-refractivity contribution is -0.138. The molecule has 1 aromatic carbocycles. The van der Waals surface area contributed by atoms with E-state index in [2.05, 4.69) is 5.32 Å². The van der Waals surface area contributed by atoms with E-state index < -0.39 is 6.23 Å². The van der Waals surface area contributed by atoms with Gasteiger partial charge in [0.15, 0.2) is 6.23 Å². The first-order chi connectivity index (χ1) is 12.1. The summed E-state index contributed by atoms with van der Waals surface area (Å²) in [5, 5.41) is 3.08. The zero-order chi connectivity index (χ0) is 17.4. The third kappa shape index (κ3) is 3.24. The Morgan fingerprint density at radius 1 is 1.16 bits per heavy atom. The molecule has 134 valence electrons. The van der Waals surface area contributed by atoms with Gasteiger partial charge >= 0.3 is 5.97 Å². The molecule has 0 saturated heterocycles. The molecule has 0 bridgehead atoms. The molecular formula is C20H24FNO3. The maximum Gasteiger partial charge on any atom is 0.336 e. The van der Waals surface area contributed by atoms with Crippen LogP contribution in [-0.4, -0.2) is 18.3 Å². The minimum atomic E-state index is -0.556. The van der Waals surface area contributed by atoms with E-state index in [1.165, 1.54) is 18.9 Å². The van der Waals surface area contributed by atoms with Gasteiger partial charge in [-0.2, -0.15) is 0 Å². The minimum Gasteiger partial charge on any atom is -0.490 e. The van der Waals surface area contributed by atoms with E-state index in [1.807, 2.05) is 6.92 Å². The third-order valence-electron chi connectivity index (χ3n) is 5.45. The van der Waals surface area contributed by atoms with Gasteiger partial charge in [0.25, 0.3) is 0 Å². The van der Waals surface area contributed by atoms with Crippen molar-refractivity contribution in [3.8, 4) is 5.75 Å². The maximum atomic E-state index is 14.4. The Labute approximate surface area is 147 Å². The van der Waals surface area contributed by atoms with E-state index in [-0.39, 0.29) is 17.9 Å². The smallest absolute Gasteiger partial charge is 0.336 e. The molecule has 1 unspecified atom stereocenters. The van der Waals surface area contributed by atoms with Gasteiger partial charge in [-0.05, 0) is 69.9 Å².